The molecule has 0 spiro atoms. The van der Waals surface area contributed by atoms with Crippen molar-refractivity contribution in [1.29, 1.82) is 0 Å². The molecule has 4 fully saturated rings. The summed E-state index contributed by atoms with van der Waals surface area (Å²) in [6.07, 6.45) is 16.9. The van der Waals surface area contributed by atoms with E-state index in [0.717, 1.165) is 29.2 Å². The van der Waals surface area contributed by atoms with Gasteiger partial charge in [0, 0.05) is 12.6 Å². The summed E-state index contributed by atoms with van der Waals surface area (Å²) < 4.78 is 0. The molecule has 4 rings (SSSR count). The Morgan fingerprint density at radius 2 is 1.78 bits per heavy atom. The molecule has 3 unspecified atom stereocenters. The van der Waals surface area contributed by atoms with Gasteiger partial charge in [-0.2, -0.15) is 0 Å². The molecular weight excluding hydrogens is 218 g/mol. The van der Waals surface area contributed by atoms with Crippen molar-refractivity contribution in [3.05, 3.63) is 0 Å². The number of fused-ring (bicyclic) bond motifs is 2. The van der Waals surface area contributed by atoms with E-state index in [9.17, 15) is 0 Å². The molecule has 102 valence electrons. The fourth-order valence-corrected chi connectivity index (χ4v) is 5.41. The van der Waals surface area contributed by atoms with Crippen molar-refractivity contribution in [2.24, 2.45) is 23.2 Å². The lowest BCUT2D eigenvalue weighted by Gasteiger charge is -2.35. The quantitative estimate of drug-likeness (QED) is 0.770. The van der Waals surface area contributed by atoms with Crippen LogP contribution >= 0.6 is 0 Å². The molecule has 0 heterocycles. The van der Waals surface area contributed by atoms with Gasteiger partial charge in [-0.15, -0.1) is 0 Å². The standard InChI is InChI=1S/C17H29N/c1-2-8-17(7-1,12-18-16-5-6-16)11-15-10-13-3-4-14(15)9-13/h13-16,18H,1-12H2. The third-order valence-corrected chi connectivity index (χ3v) is 6.59. The van der Waals surface area contributed by atoms with Crippen molar-refractivity contribution in [3.8, 4) is 0 Å². The van der Waals surface area contributed by atoms with E-state index in [-0.39, 0.29) is 0 Å². The second kappa shape index (κ2) is 4.51. The molecule has 4 saturated carbocycles. The monoisotopic (exact) mass is 247 g/mol. The predicted molar refractivity (Wildman–Crippen MR) is 75.5 cm³/mol. The van der Waals surface area contributed by atoms with Gasteiger partial charge in [0.1, 0.15) is 0 Å². The van der Waals surface area contributed by atoms with Gasteiger partial charge in [0.05, 0.1) is 0 Å². The van der Waals surface area contributed by atoms with Crippen LogP contribution in [0.25, 0.3) is 0 Å². The smallest absolute Gasteiger partial charge is 0.00684 e. The number of hydrogen-bond acceptors (Lipinski definition) is 1. The summed E-state index contributed by atoms with van der Waals surface area (Å²) in [6, 6.07) is 0.905. The van der Waals surface area contributed by atoms with E-state index < -0.39 is 0 Å². The van der Waals surface area contributed by atoms with Gasteiger partial charge in [0.25, 0.3) is 0 Å². The molecule has 0 saturated heterocycles. The summed E-state index contributed by atoms with van der Waals surface area (Å²) in [5.41, 5.74) is 0.720. The van der Waals surface area contributed by atoms with Gasteiger partial charge in [-0.25, -0.2) is 0 Å². The summed E-state index contributed by atoms with van der Waals surface area (Å²) in [5, 5.41) is 3.86. The second-order valence-electron chi connectivity index (χ2n) is 8.00. The average molecular weight is 247 g/mol. The maximum atomic E-state index is 3.86. The van der Waals surface area contributed by atoms with Crippen LogP contribution < -0.4 is 5.32 Å². The van der Waals surface area contributed by atoms with Crippen LogP contribution in [0.15, 0.2) is 0 Å². The lowest BCUT2D eigenvalue weighted by atomic mass is 9.73. The van der Waals surface area contributed by atoms with Gasteiger partial charge >= 0.3 is 0 Å². The molecule has 0 aromatic rings. The van der Waals surface area contributed by atoms with Crippen LogP contribution in [0.5, 0.6) is 0 Å². The first-order valence-corrected chi connectivity index (χ1v) is 8.56. The van der Waals surface area contributed by atoms with Crippen LogP contribution in [0, 0.1) is 23.2 Å². The van der Waals surface area contributed by atoms with E-state index in [1.54, 1.807) is 32.1 Å². The third kappa shape index (κ3) is 2.24. The highest BCUT2D eigenvalue weighted by molar-refractivity contribution is 4.97. The summed E-state index contributed by atoms with van der Waals surface area (Å²) in [7, 11) is 0. The summed E-state index contributed by atoms with van der Waals surface area (Å²) >= 11 is 0. The van der Waals surface area contributed by atoms with Crippen molar-refractivity contribution >= 4 is 0 Å². The minimum absolute atomic E-state index is 0.720. The highest BCUT2D eigenvalue weighted by Crippen LogP contribution is 2.54. The first-order chi connectivity index (χ1) is 8.83. The fourth-order valence-electron chi connectivity index (χ4n) is 5.41. The second-order valence-corrected chi connectivity index (χ2v) is 8.00. The van der Waals surface area contributed by atoms with E-state index in [4.69, 9.17) is 0 Å². The van der Waals surface area contributed by atoms with Crippen molar-refractivity contribution in [2.45, 2.75) is 76.7 Å². The summed E-state index contributed by atoms with van der Waals surface area (Å²) in [6.45, 7) is 1.35. The maximum Gasteiger partial charge on any atom is 0.00684 e. The minimum Gasteiger partial charge on any atom is -0.313 e. The van der Waals surface area contributed by atoms with Crippen LogP contribution in [0.2, 0.25) is 0 Å². The SMILES string of the molecule is C1CCC(CNC2CC2)(CC2CC3CCC2C3)C1. The van der Waals surface area contributed by atoms with Gasteiger partial charge in [0.15, 0.2) is 0 Å². The molecule has 4 aliphatic rings. The molecule has 0 radical (unpaired) electrons. The van der Waals surface area contributed by atoms with Gasteiger partial charge in [-0.05, 0) is 74.5 Å². The summed E-state index contributed by atoms with van der Waals surface area (Å²) in [5.74, 6) is 3.38. The zero-order valence-corrected chi connectivity index (χ0v) is 11.8. The predicted octanol–water partition coefficient (Wildman–Crippen LogP) is 4.13. The Morgan fingerprint density at radius 3 is 2.39 bits per heavy atom. The first-order valence-electron chi connectivity index (χ1n) is 8.56. The molecule has 4 aliphatic carbocycles. The molecule has 3 atom stereocenters. The Labute approximate surface area is 112 Å². The normalized spacial score (nSPS) is 41.7. The molecule has 18 heavy (non-hydrogen) atoms. The fraction of sp³-hybridized carbons (Fsp3) is 1.00. The van der Waals surface area contributed by atoms with Crippen LogP contribution in [0.4, 0.5) is 0 Å². The lowest BCUT2D eigenvalue weighted by molar-refractivity contribution is 0.170. The van der Waals surface area contributed by atoms with E-state index in [2.05, 4.69) is 5.32 Å². The Hall–Kier alpha value is -0.0400. The summed E-state index contributed by atoms with van der Waals surface area (Å²) in [4.78, 5) is 0. The van der Waals surface area contributed by atoms with Crippen LogP contribution in [-0.2, 0) is 0 Å². The van der Waals surface area contributed by atoms with Crippen LogP contribution in [-0.4, -0.2) is 12.6 Å². The number of rotatable bonds is 5. The highest BCUT2D eigenvalue weighted by atomic mass is 15.0. The number of nitrogens with one attached hydrogen (secondary N) is 1. The number of hydrogen-bond donors (Lipinski definition) is 1. The maximum absolute atomic E-state index is 3.86. The van der Waals surface area contributed by atoms with Crippen LogP contribution in [0.1, 0.15) is 70.6 Å². The van der Waals surface area contributed by atoms with E-state index in [1.807, 2.05) is 0 Å². The topological polar surface area (TPSA) is 12.0 Å². The van der Waals surface area contributed by atoms with E-state index in [1.165, 1.54) is 45.1 Å². The van der Waals surface area contributed by atoms with Crippen molar-refractivity contribution in [1.82, 2.24) is 5.32 Å². The van der Waals surface area contributed by atoms with Gasteiger partial charge < -0.3 is 5.32 Å². The lowest BCUT2D eigenvalue weighted by Crippen LogP contribution is -2.36. The minimum atomic E-state index is 0.720. The molecule has 1 nitrogen and oxygen atoms in total. The van der Waals surface area contributed by atoms with E-state index >= 15 is 0 Å². The Bertz CT molecular complexity index is 301. The zero-order valence-electron chi connectivity index (χ0n) is 11.8. The highest BCUT2D eigenvalue weighted by Gasteiger charge is 2.44. The molecule has 1 heteroatoms. The van der Waals surface area contributed by atoms with Gasteiger partial charge in [-0.1, -0.05) is 19.3 Å². The molecule has 0 amide bonds. The van der Waals surface area contributed by atoms with Crippen molar-refractivity contribution in [2.75, 3.05) is 6.54 Å². The zero-order chi connectivity index (χ0) is 12.0. The Morgan fingerprint density at radius 1 is 0.944 bits per heavy atom. The molecule has 1 N–H and O–H groups in total. The van der Waals surface area contributed by atoms with Gasteiger partial charge in [0.2, 0.25) is 0 Å². The molecular formula is C17H29N. The Balaban J connectivity index is 1.39. The molecule has 2 bridgehead atoms. The van der Waals surface area contributed by atoms with Crippen molar-refractivity contribution < 1.29 is 0 Å². The molecule has 0 aliphatic heterocycles. The Kier molecular flexibility index (Phi) is 2.94. The van der Waals surface area contributed by atoms with Crippen molar-refractivity contribution in [3.63, 3.8) is 0 Å². The molecule has 0 aromatic heterocycles. The largest absolute Gasteiger partial charge is 0.313 e. The van der Waals surface area contributed by atoms with Crippen LogP contribution in [0.3, 0.4) is 0 Å². The first kappa shape index (κ1) is 11.8. The third-order valence-electron chi connectivity index (χ3n) is 6.59. The molecule has 0 aromatic carbocycles. The van der Waals surface area contributed by atoms with Gasteiger partial charge in [-0.3, -0.25) is 0 Å². The average Bonchev–Trinajstić information content (AvgIpc) is 2.78. The van der Waals surface area contributed by atoms with E-state index in [0.29, 0.717) is 0 Å².